The van der Waals surface area contributed by atoms with Crippen LogP contribution < -0.4 is 10.7 Å². The number of carbonyl (C=O) groups is 1. The van der Waals surface area contributed by atoms with Crippen molar-refractivity contribution in [2.24, 2.45) is 7.05 Å². The van der Waals surface area contributed by atoms with Gasteiger partial charge in [-0.15, -0.1) is 0 Å². The molecule has 0 bridgehead atoms. The fourth-order valence-corrected chi connectivity index (χ4v) is 2.32. The monoisotopic (exact) mass is 278 g/mol. The third kappa shape index (κ3) is 2.43. The summed E-state index contributed by atoms with van der Waals surface area (Å²) in [5.41, 5.74) is 1.36. The summed E-state index contributed by atoms with van der Waals surface area (Å²) in [7, 11) is 1.82. The summed E-state index contributed by atoms with van der Waals surface area (Å²) in [4.78, 5) is 24.7. The Hall–Kier alpha value is -2.88. The average Bonchev–Trinajstić information content (AvgIpc) is 2.52. The molecule has 0 radical (unpaired) electrons. The molecule has 4 heteroatoms. The van der Waals surface area contributed by atoms with Gasteiger partial charge in [0.15, 0.2) is 0 Å². The van der Waals surface area contributed by atoms with Gasteiger partial charge >= 0.3 is 0 Å². The number of hydrogen-bond acceptors (Lipinski definition) is 2. The molecule has 0 saturated heterocycles. The van der Waals surface area contributed by atoms with E-state index < -0.39 is 5.91 Å². The highest BCUT2D eigenvalue weighted by Crippen LogP contribution is 2.12. The van der Waals surface area contributed by atoms with Crippen LogP contribution in [0.25, 0.3) is 10.9 Å². The first-order valence-electron chi connectivity index (χ1n) is 6.61. The number of nitrogens with one attached hydrogen (secondary N) is 1. The molecule has 1 amide bonds. The largest absolute Gasteiger partial charge is 0.350 e. The lowest BCUT2D eigenvalue weighted by Crippen LogP contribution is -2.23. The van der Waals surface area contributed by atoms with Gasteiger partial charge in [-0.3, -0.25) is 9.59 Å². The van der Waals surface area contributed by atoms with E-state index in [0.29, 0.717) is 11.1 Å². The van der Waals surface area contributed by atoms with Gasteiger partial charge in [0, 0.05) is 24.3 Å². The van der Waals surface area contributed by atoms with E-state index in [9.17, 15) is 9.59 Å². The molecular formula is C17H14N2O2. The summed E-state index contributed by atoms with van der Waals surface area (Å²) in [6, 6.07) is 16.3. The molecule has 1 N–H and O–H groups in total. The molecule has 1 aromatic heterocycles. The lowest BCUT2D eigenvalue weighted by molar-refractivity contribution is 0.102. The van der Waals surface area contributed by atoms with Crippen molar-refractivity contribution >= 4 is 22.5 Å². The molecule has 1 heterocycles. The normalized spacial score (nSPS) is 10.5. The maximum atomic E-state index is 12.4. The first-order valence-corrected chi connectivity index (χ1v) is 6.61. The Kier molecular flexibility index (Phi) is 3.28. The Labute approximate surface area is 121 Å². The van der Waals surface area contributed by atoms with Gasteiger partial charge in [-0.05, 0) is 24.3 Å². The molecule has 4 nitrogen and oxygen atoms in total. The van der Waals surface area contributed by atoms with Crippen LogP contribution in [0.3, 0.4) is 0 Å². The Morgan fingerprint density at radius 2 is 1.67 bits per heavy atom. The lowest BCUT2D eigenvalue weighted by Gasteiger charge is -2.09. The van der Waals surface area contributed by atoms with Crippen LogP contribution in [0.5, 0.6) is 0 Å². The van der Waals surface area contributed by atoms with Crippen molar-refractivity contribution in [3.63, 3.8) is 0 Å². The highest BCUT2D eigenvalue weighted by molar-refractivity contribution is 6.05. The Bertz CT molecular complexity index is 867. The number of hydrogen-bond donors (Lipinski definition) is 1. The van der Waals surface area contributed by atoms with Crippen molar-refractivity contribution in [3.8, 4) is 0 Å². The van der Waals surface area contributed by atoms with Crippen LogP contribution in [0.1, 0.15) is 10.4 Å². The zero-order chi connectivity index (χ0) is 14.8. The molecule has 0 aliphatic rings. The summed E-state index contributed by atoms with van der Waals surface area (Å²) in [6.07, 6.45) is 1.57. The Morgan fingerprint density at radius 3 is 2.43 bits per heavy atom. The van der Waals surface area contributed by atoms with Crippen LogP contribution >= 0.6 is 0 Å². The summed E-state index contributed by atoms with van der Waals surface area (Å²) in [5.74, 6) is -0.396. The smallest absolute Gasteiger partial charge is 0.261 e. The molecule has 0 aliphatic heterocycles. The first-order chi connectivity index (χ1) is 10.2. The van der Waals surface area contributed by atoms with Gasteiger partial charge in [0.1, 0.15) is 5.56 Å². The van der Waals surface area contributed by atoms with Gasteiger partial charge in [-0.2, -0.15) is 0 Å². The van der Waals surface area contributed by atoms with Gasteiger partial charge < -0.3 is 9.88 Å². The summed E-state index contributed by atoms with van der Waals surface area (Å²) >= 11 is 0. The first kappa shape index (κ1) is 13.1. The number of amides is 1. The molecule has 21 heavy (non-hydrogen) atoms. The third-order valence-electron chi connectivity index (χ3n) is 3.37. The maximum absolute atomic E-state index is 12.4. The van der Waals surface area contributed by atoms with Crippen molar-refractivity contribution in [1.82, 2.24) is 4.57 Å². The predicted molar refractivity (Wildman–Crippen MR) is 83.6 cm³/mol. The van der Waals surface area contributed by atoms with Crippen LogP contribution in [-0.4, -0.2) is 10.5 Å². The van der Waals surface area contributed by atoms with Crippen LogP contribution in [0.15, 0.2) is 65.6 Å². The topological polar surface area (TPSA) is 51.1 Å². The number of fused-ring (bicyclic) bond motifs is 1. The minimum atomic E-state index is -0.396. The van der Waals surface area contributed by atoms with E-state index in [2.05, 4.69) is 5.32 Å². The number of carbonyl (C=O) groups excluding carboxylic acids is 1. The van der Waals surface area contributed by atoms with Crippen molar-refractivity contribution in [1.29, 1.82) is 0 Å². The number of pyridine rings is 1. The van der Waals surface area contributed by atoms with E-state index in [1.54, 1.807) is 35.0 Å². The van der Waals surface area contributed by atoms with Gasteiger partial charge in [-0.1, -0.05) is 30.3 Å². The van der Waals surface area contributed by atoms with Crippen molar-refractivity contribution < 1.29 is 4.79 Å². The van der Waals surface area contributed by atoms with Gasteiger partial charge in [0.25, 0.3) is 5.91 Å². The van der Waals surface area contributed by atoms with Crippen LogP contribution in [0, 0.1) is 0 Å². The van der Waals surface area contributed by atoms with E-state index in [1.807, 2.05) is 37.4 Å². The van der Waals surface area contributed by atoms with Gasteiger partial charge in [0.05, 0.1) is 5.52 Å². The minimum absolute atomic E-state index is 0.139. The highest BCUT2D eigenvalue weighted by Gasteiger charge is 2.14. The fourth-order valence-electron chi connectivity index (χ4n) is 2.32. The average molecular weight is 278 g/mol. The molecule has 0 fully saturated rings. The van der Waals surface area contributed by atoms with Crippen LogP contribution in [0.4, 0.5) is 5.69 Å². The van der Waals surface area contributed by atoms with Gasteiger partial charge in [-0.25, -0.2) is 0 Å². The second kappa shape index (κ2) is 5.25. The highest BCUT2D eigenvalue weighted by atomic mass is 16.2. The van der Waals surface area contributed by atoms with Crippen molar-refractivity contribution in [2.75, 3.05) is 5.32 Å². The van der Waals surface area contributed by atoms with E-state index in [-0.39, 0.29) is 11.0 Å². The predicted octanol–water partition coefficient (Wildman–Crippen LogP) is 2.79. The Morgan fingerprint density at radius 1 is 1.00 bits per heavy atom. The number of para-hydroxylation sites is 2. The van der Waals surface area contributed by atoms with E-state index >= 15 is 0 Å². The molecule has 0 atom stereocenters. The summed E-state index contributed by atoms with van der Waals surface area (Å²) in [6.45, 7) is 0. The van der Waals surface area contributed by atoms with Crippen LogP contribution in [-0.2, 0) is 7.05 Å². The van der Waals surface area contributed by atoms with E-state index in [4.69, 9.17) is 0 Å². The number of rotatable bonds is 2. The molecule has 0 aliphatic carbocycles. The molecule has 0 saturated carbocycles. The van der Waals surface area contributed by atoms with Gasteiger partial charge in [0.2, 0.25) is 5.43 Å². The number of aryl methyl sites for hydroxylation is 1. The molecule has 3 rings (SSSR count). The van der Waals surface area contributed by atoms with Crippen LogP contribution in [0.2, 0.25) is 0 Å². The second-order valence-electron chi connectivity index (χ2n) is 4.82. The molecule has 0 spiro atoms. The molecule has 104 valence electrons. The number of nitrogens with zero attached hydrogens (tertiary/aromatic N) is 1. The zero-order valence-electron chi connectivity index (χ0n) is 11.5. The summed E-state index contributed by atoms with van der Waals surface area (Å²) in [5, 5.41) is 3.28. The number of anilines is 1. The van der Waals surface area contributed by atoms with E-state index in [0.717, 1.165) is 5.52 Å². The quantitative estimate of drug-likeness (QED) is 0.783. The third-order valence-corrected chi connectivity index (χ3v) is 3.37. The minimum Gasteiger partial charge on any atom is -0.350 e. The zero-order valence-corrected chi connectivity index (χ0v) is 11.5. The van der Waals surface area contributed by atoms with Crippen molar-refractivity contribution in [2.45, 2.75) is 0 Å². The summed E-state index contributed by atoms with van der Waals surface area (Å²) < 4.78 is 1.79. The second-order valence-corrected chi connectivity index (χ2v) is 4.82. The standard InChI is InChI=1S/C17H14N2O2/c1-19-11-14(16(20)13-9-5-6-10-15(13)19)17(21)18-12-7-3-2-4-8-12/h2-11H,1H3,(H,18,21). The number of aromatic nitrogens is 1. The Balaban J connectivity index is 2.07. The molecule has 2 aromatic carbocycles. The fraction of sp³-hybridized carbons (Fsp3) is 0.0588. The molecular weight excluding hydrogens is 264 g/mol. The number of benzene rings is 2. The molecule has 0 unspecified atom stereocenters. The maximum Gasteiger partial charge on any atom is 0.261 e. The molecule has 3 aromatic rings. The van der Waals surface area contributed by atoms with Crippen molar-refractivity contribution in [3.05, 3.63) is 76.6 Å². The lowest BCUT2D eigenvalue weighted by atomic mass is 10.1. The van der Waals surface area contributed by atoms with E-state index in [1.165, 1.54) is 0 Å². The SMILES string of the molecule is Cn1cc(C(=O)Nc2ccccc2)c(=O)c2ccccc21.